The van der Waals surface area contributed by atoms with Gasteiger partial charge in [-0.3, -0.25) is 9.59 Å². The van der Waals surface area contributed by atoms with Crippen LogP contribution in [-0.4, -0.2) is 25.0 Å². The van der Waals surface area contributed by atoms with E-state index in [-0.39, 0.29) is 18.4 Å². The number of para-hydroxylation sites is 2. The highest BCUT2D eigenvalue weighted by Crippen LogP contribution is 2.23. The molecule has 0 unspecified atom stereocenters. The van der Waals surface area contributed by atoms with Crippen LogP contribution in [0.2, 0.25) is 0 Å². The monoisotopic (exact) mass is 415 g/mol. The van der Waals surface area contributed by atoms with Crippen LogP contribution in [0.25, 0.3) is 0 Å². The molecule has 31 heavy (non-hydrogen) atoms. The van der Waals surface area contributed by atoms with Gasteiger partial charge in [-0.2, -0.15) is 0 Å². The normalized spacial score (nSPS) is 10.1. The predicted octanol–water partition coefficient (Wildman–Crippen LogP) is 4.23. The molecular weight excluding hydrogens is 390 g/mol. The van der Waals surface area contributed by atoms with Gasteiger partial charge in [-0.05, 0) is 42.0 Å². The largest absolute Gasteiger partial charge is 0.487 e. The molecule has 6 nitrogen and oxygen atoms in total. The van der Waals surface area contributed by atoms with Crippen LogP contribution in [0.3, 0.4) is 0 Å². The number of anilines is 2. The van der Waals surface area contributed by atoms with E-state index in [1.807, 2.05) is 42.5 Å². The average molecular weight is 415 g/mol. The summed E-state index contributed by atoms with van der Waals surface area (Å²) in [4.78, 5) is 24.6. The Morgan fingerprint density at radius 3 is 2.35 bits per heavy atom. The van der Waals surface area contributed by atoms with Crippen LogP contribution in [0.15, 0.2) is 91.5 Å². The fourth-order valence-electron chi connectivity index (χ4n) is 2.84. The maximum atomic E-state index is 12.3. The standard InChI is InChI=1S/C25H25N3O3/c1-2-16-31-23-11-7-6-10-22(23)28-24(29)18-26-21-14-12-20(13-15-21)25(30)27-17-19-8-4-3-5-9-19/h2-15,26H,1,16-18H2,(H,27,30)(H,28,29). The fraction of sp³-hybridized carbons (Fsp3) is 0.120. The molecule has 0 aliphatic heterocycles. The molecule has 6 heteroatoms. The van der Waals surface area contributed by atoms with Crippen molar-refractivity contribution in [2.24, 2.45) is 0 Å². The molecule has 0 saturated heterocycles. The first kappa shape index (κ1) is 21.6. The van der Waals surface area contributed by atoms with Crippen molar-refractivity contribution in [2.45, 2.75) is 6.54 Å². The summed E-state index contributed by atoms with van der Waals surface area (Å²) in [6.07, 6.45) is 1.64. The summed E-state index contributed by atoms with van der Waals surface area (Å²) in [5.74, 6) is 0.227. The number of amides is 2. The molecule has 0 atom stereocenters. The minimum atomic E-state index is -0.209. The van der Waals surface area contributed by atoms with Crippen LogP contribution in [0.1, 0.15) is 15.9 Å². The first-order valence-corrected chi connectivity index (χ1v) is 9.94. The Labute approximate surface area is 181 Å². The van der Waals surface area contributed by atoms with Crippen LogP contribution >= 0.6 is 0 Å². The molecule has 0 radical (unpaired) electrons. The smallest absolute Gasteiger partial charge is 0.251 e. The van der Waals surface area contributed by atoms with Crippen molar-refractivity contribution in [1.29, 1.82) is 0 Å². The molecule has 3 rings (SSSR count). The first-order valence-electron chi connectivity index (χ1n) is 9.94. The van der Waals surface area contributed by atoms with Crippen LogP contribution in [0.5, 0.6) is 5.75 Å². The van der Waals surface area contributed by atoms with E-state index in [4.69, 9.17) is 4.74 Å². The van der Waals surface area contributed by atoms with E-state index >= 15 is 0 Å². The van der Waals surface area contributed by atoms with Gasteiger partial charge in [0.2, 0.25) is 5.91 Å². The maximum Gasteiger partial charge on any atom is 0.251 e. The molecule has 2 amide bonds. The second-order valence-corrected chi connectivity index (χ2v) is 6.74. The highest BCUT2D eigenvalue weighted by atomic mass is 16.5. The highest BCUT2D eigenvalue weighted by Gasteiger charge is 2.08. The molecule has 3 N–H and O–H groups in total. The van der Waals surface area contributed by atoms with Gasteiger partial charge in [0.05, 0.1) is 12.2 Å². The van der Waals surface area contributed by atoms with Gasteiger partial charge in [0.1, 0.15) is 12.4 Å². The second kappa shape index (κ2) is 11.2. The zero-order valence-electron chi connectivity index (χ0n) is 17.1. The molecule has 0 aliphatic carbocycles. The number of hydrogen-bond donors (Lipinski definition) is 3. The van der Waals surface area contributed by atoms with E-state index in [0.717, 1.165) is 11.3 Å². The molecule has 0 aromatic heterocycles. The molecule has 0 bridgehead atoms. The molecule has 0 spiro atoms. The van der Waals surface area contributed by atoms with Gasteiger partial charge >= 0.3 is 0 Å². The Hall–Kier alpha value is -4.06. The molecule has 3 aromatic rings. The summed E-state index contributed by atoms with van der Waals surface area (Å²) in [5.41, 5.74) is 2.93. The Kier molecular flexibility index (Phi) is 7.83. The maximum absolute atomic E-state index is 12.3. The van der Waals surface area contributed by atoms with Crippen molar-refractivity contribution >= 4 is 23.2 Å². The van der Waals surface area contributed by atoms with Crippen molar-refractivity contribution in [2.75, 3.05) is 23.8 Å². The van der Waals surface area contributed by atoms with E-state index < -0.39 is 0 Å². The summed E-state index contributed by atoms with van der Waals surface area (Å²) in [7, 11) is 0. The van der Waals surface area contributed by atoms with Crippen LogP contribution in [0.4, 0.5) is 11.4 Å². The average Bonchev–Trinajstić information content (AvgIpc) is 2.81. The third-order valence-corrected chi connectivity index (χ3v) is 4.41. The summed E-state index contributed by atoms with van der Waals surface area (Å²) in [6.45, 7) is 4.53. The summed E-state index contributed by atoms with van der Waals surface area (Å²) in [5, 5.41) is 8.77. The van der Waals surface area contributed by atoms with Gasteiger partial charge in [0.15, 0.2) is 0 Å². The Morgan fingerprint density at radius 1 is 0.903 bits per heavy atom. The van der Waals surface area contributed by atoms with E-state index in [9.17, 15) is 9.59 Å². The highest BCUT2D eigenvalue weighted by molar-refractivity contribution is 5.96. The molecular formula is C25H25N3O3. The van der Waals surface area contributed by atoms with Gasteiger partial charge in [-0.25, -0.2) is 0 Å². The van der Waals surface area contributed by atoms with E-state index in [0.29, 0.717) is 30.2 Å². The lowest BCUT2D eigenvalue weighted by atomic mass is 10.1. The summed E-state index contributed by atoms with van der Waals surface area (Å²) in [6, 6.07) is 23.9. The lowest BCUT2D eigenvalue weighted by Gasteiger charge is -2.12. The number of nitrogens with one attached hydrogen (secondary N) is 3. The van der Waals surface area contributed by atoms with Crippen molar-refractivity contribution in [3.63, 3.8) is 0 Å². The van der Waals surface area contributed by atoms with Crippen LogP contribution < -0.4 is 20.7 Å². The van der Waals surface area contributed by atoms with Gasteiger partial charge in [0, 0.05) is 17.8 Å². The molecule has 3 aromatic carbocycles. The lowest BCUT2D eigenvalue weighted by molar-refractivity contribution is -0.114. The lowest BCUT2D eigenvalue weighted by Crippen LogP contribution is -2.23. The number of carbonyl (C=O) groups is 2. The van der Waals surface area contributed by atoms with Crippen molar-refractivity contribution in [1.82, 2.24) is 5.32 Å². The number of rotatable bonds is 10. The van der Waals surface area contributed by atoms with Crippen LogP contribution in [0, 0.1) is 0 Å². The third kappa shape index (κ3) is 6.75. The molecule has 0 aliphatic rings. The quantitative estimate of drug-likeness (QED) is 0.433. The first-order chi connectivity index (χ1) is 15.2. The van der Waals surface area contributed by atoms with Gasteiger partial charge in [-0.1, -0.05) is 55.1 Å². The SMILES string of the molecule is C=CCOc1ccccc1NC(=O)CNc1ccc(C(=O)NCc2ccccc2)cc1. The van der Waals surface area contributed by atoms with E-state index in [1.54, 1.807) is 42.5 Å². The Morgan fingerprint density at radius 2 is 1.61 bits per heavy atom. The third-order valence-electron chi connectivity index (χ3n) is 4.41. The Bertz CT molecular complexity index is 1020. The van der Waals surface area contributed by atoms with Crippen LogP contribution in [-0.2, 0) is 11.3 Å². The predicted molar refractivity (Wildman–Crippen MR) is 123 cm³/mol. The van der Waals surface area contributed by atoms with Gasteiger partial charge < -0.3 is 20.7 Å². The molecule has 0 fully saturated rings. The minimum absolute atomic E-state index is 0.0787. The zero-order chi connectivity index (χ0) is 21.9. The minimum Gasteiger partial charge on any atom is -0.487 e. The molecule has 158 valence electrons. The van der Waals surface area contributed by atoms with Crippen molar-refractivity contribution < 1.29 is 14.3 Å². The van der Waals surface area contributed by atoms with E-state index in [2.05, 4.69) is 22.5 Å². The summed E-state index contributed by atoms with van der Waals surface area (Å²) < 4.78 is 5.54. The topological polar surface area (TPSA) is 79.5 Å². The summed E-state index contributed by atoms with van der Waals surface area (Å²) >= 11 is 0. The zero-order valence-corrected chi connectivity index (χ0v) is 17.1. The Balaban J connectivity index is 1.48. The molecule has 0 heterocycles. The number of benzene rings is 3. The van der Waals surface area contributed by atoms with Crippen molar-refractivity contribution in [3.05, 3.63) is 103 Å². The van der Waals surface area contributed by atoms with Gasteiger partial charge in [-0.15, -0.1) is 0 Å². The second-order valence-electron chi connectivity index (χ2n) is 6.74. The molecule has 0 saturated carbocycles. The van der Waals surface area contributed by atoms with Crippen molar-refractivity contribution in [3.8, 4) is 5.75 Å². The van der Waals surface area contributed by atoms with E-state index in [1.165, 1.54) is 0 Å². The number of ether oxygens (including phenoxy) is 1. The number of carbonyl (C=O) groups excluding carboxylic acids is 2. The van der Waals surface area contributed by atoms with Gasteiger partial charge in [0.25, 0.3) is 5.91 Å². The number of hydrogen-bond acceptors (Lipinski definition) is 4. The fourth-order valence-corrected chi connectivity index (χ4v) is 2.84.